The minimum Gasteiger partial charge on any atom is -0.383 e. The van der Waals surface area contributed by atoms with Crippen LogP contribution in [0.3, 0.4) is 0 Å². The fourth-order valence-electron chi connectivity index (χ4n) is 4.59. The summed E-state index contributed by atoms with van der Waals surface area (Å²) in [4.78, 5) is 33.0. The summed E-state index contributed by atoms with van der Waals surface area (Å²) < 4.78 is 42.0. The van der Waals surface area contributed by atoms with Crippen LogP contribution in [0.5, 0.6) is 0 Å². The van der Waals surface area contributed by atoms with E-state index in [9.17, 15) is 22.8 Å². The fourth-order valence-corrected chi connectivity index (χ4v) is 4.75. The minimum atomic E-state index is -4.54. The Bertz CT molecular complexity index is 1570. The maximum absolute atomic E-state index is 14.0. The topological polar surface area (TPSA) is 79.5 Å². The van der Waals surface area contributed by atoms with Crippen LogP contribution in [0.25, 0.3) is 0 Å². The quantitative estimate of drug-likeness (QED) is 0.219. The number of likely N-dealkylation sites (N-methyl/N-ethyl adjacent to an activating group) is 1. The van der Waals surface area contributed by atoms with Gasteiger partial charge in [-0.1, -0.05) is 42.2 Å². The van der Waals surface area contributed by atoms with Crippen molar-refractivity contribution in [2.75, 3.05) is 39.0 Å². The number of alkyl halides is 3. The highest BCUT2D eigenvalue weighted by Crippen LogP contribution is 2.34. The Morgan fingerprint density at radius 3 is 2.43 bits per heavy atom. The summed E-state index contributed by atoms with van der Waals surface area (Å²) in [6.45, 7) is 6.64. The van der Waals surface area contributed by atoms with Gasteiger partial charge < -0.3 is 10.6 Å². The van der Waals surface area contributed by atoms with E-state index >= 15 is 0 Å². The van der Waals surface area contributed by atoms with Gasteiger partial charge in [0.1, 0.15) is 5.82 Å². The van der Waals surface area contributed by atoms with Crippen LogP contribution in [0, 0.1) is 11.8 Å². The van der Waals surface area contributed by atoms with Gasteiger partial charge in [0, 0.05) is 62.9 Å². The molecule has 1 aliphatic heterocycles. The number of hydrogen-bond acceptors (Lipinski definition) is 6. The first-order chi connectivity index (χ1) is 19.9. The molecule has 218 valence electrons. The third-order valence-corrected chi connectivity index (χ3v) is 7.37. The number of nitrogens with zero attached hydrogens (tertiary/aromatic N) is 3. The van der Waals surface area contributed by atoms with Crippen LogP contribution >= 0.6 is 11.6 Å². The van der Waals surface area contributed by atoms with E-state index in [2.05, 4.69) is 28.3 Å². The van der Waals surface area contributed by atoms with Crippen molar-refractivity contribution in [3.05, 3.63) is 105 Å². The Labute approximate surface area is 248 Å². The fraction of sp³-hybridized carbons (Fsp3) is 0.281. The molecule has 0 bridgehead atoms. The molecule has 0 aliphatic carbocycles. The van der Waals surface area contributed by atoms with E-state index in [1.165, 1.54) is 36.5 Å². The van der Waals surface area contributed by atoms with Gasteiger partial charge in [0.25, 0.3) is 0 Å². The highest BCUT2D eigenvalue weighted by Gasteiger charge is 2.34. The van der Waals surface area contributed by atoms with Gasteiger partial charge in [0.05, 0.1) is 16.1 Å². The predicted molar refractivity (Wildman–Crippen MR) is 157 cm³/mol. The summed E-state index contributed by atoms with van der Waals surface area (Å²) in [5.41, 5.74) is 7.27. The summed E-state index contributed by atoms with van der Waals surface area (Å²) in [5.74, 6) is 5.38. The normalized spacial score (nSPS) is 14.2. The van der Waals surface area contributed by atoms with E-state index in [1.54, 1.807) is 12.1 Å². The molecule has 0 spiro atoms. The number of nitrogens with two attached hydrogens (primary N) is 1. The van der Waals surface area contributed by atoms with E-state index in [4.69, 9.17) is 17.3 Å². The van der Waals surface area contributed by atoms with E-state index < -0.39 is 11.7 Å². The molecule has 6 nitrogen and oxygen atoms in total. The second-order valence-corrected chi connectivity index (χ2v) is 10.6. The van der Waals surface area contributed by atoms with Crippen LogP contribution in [0.4, 0.5) is 19.0 Å². The number of hydrogen-bond donors (Lipinski definition) is 1. The molecule has 2 N–H and O–H groups in total. The second kappa shape index (κ2) is 13.3. The molecule has 1 aliphatic rings. The molecule has 42 heavy (non-hydrogen) atoms. The third-order valence-electron chi connectivity index (χ3n) is 7.04. The number of benzene rings is 2. The van der Waals surface area contributed by atoms with Gasteiger partial charge in [0.15, 0.2) is 11.6 Å². The SMILES string of the molecule is C=CC(=O)Cc1cnc(N)c(C#Cc2cc(C(=O)Cc3ccc(CN4CCN(C)CC4)c(C(F)(F)F)c3)ccc2Cl)c1. The number of nitrogen functional groups attached to an aromatic ring is 1. The molecule has 1 saturated heterocycles. The number of Topliss-reactive ketones (excluding diaryl/α,β-unsaturated/α-hetero) is 1. The van der Waals surface area contributed by atoms with Crippen LogP contribution in [-0.4, -0.2) is 59.6 Å². The molecule has 10 heteroatoms. The zero-order chi connectivity index (χ0) is 30.4. The lowest BCUT2D eigenvalue weighted by molar-refractivity contribution is -0.138. The molecule has 0 unspecified atom stereocenters. The Balaban J connectivity index is 1.53. The average Bonchev–Trinajstić information content (AvgIpc) is 2.95. The summed E-state index contributed by atoms with van der Waals surface area (Å²) in [7, 11) is 1.99. The monoisotopic (exact) mass is 594 g/mol. The lowest BCUT2D eigenvalue weighted by atomic mass is 9.97. The van der Waals surface area contributed by atoms with Gasteiger partial charge in [-0.25, -0.2) is 4.98 Å². The molecule has 4 rings (SSSR count). The molecular weight excluding hydrogens is 565 g/mol. The number of pyridine rings is 1. The van der Waals surface area contributed by atoms with Gasteiger partial charge in [-0.05, 0) is 60.1 Å². The highest BCUT2D eigenvalue weighted by molar-refractivity contribution is 6.31. The Kier molecular flexibility index (Phi) is 9.84. The number of rotatable bonds is 8. The molecule has 0 radical (unpaired) electrons. The van der Waals surface area contributed by atoms with Crippen LogP contribution in [0.2, 0.25) is 5.02 Å². The number of allylic oxidation sites excluding steroid dienone is 1. The summed E-state index contributed by atoms with van der Waals surface area (Å²) >= 11 is 6.31. The third kappa shape index (κ3) is 8.07. The number of halogens is 4. The largest absolute Gasteiger partial charge is 0.416 e. The predicted octanol–water partition coefficient (Wildman–Crippen LogP) is 5.21. The molecule has 1 aromatic heterocycles. The van der Waals surface area contributed by atoms with Crippen LogP contribution in [0.15, 0.2) is 61.3 Å². The van der Waals surface area contributed by atoms with Crippen molar-refractivity contribution in [3.8, 4) is 11.8 Å². The zero-order valence-electron chi connectivity index (χ0n) is 23.1. The van der Waals surface area contributed by atoms with Gasteiger partial charge >= 0.3 is 6.18 Å². The summed E-state index contributed by atoms with van der Waals surface area (Å²) in [6, 6.07) is 10.3. The molecule has 3 aromatic rings. The Morgan fingerprint density at radius 2 is 1.74 bits per heavy atom. The standard InChI is InChI=1S/C32H30ClF3N4O2/c1-3-27(41)15-22-14-25(31(37)38-19-22)7-6-23-18-24(8-9-29(23)33)30(42)17-21-4-5-26(28(16-21)32(34,35)36)20-40-12-10-39(2)11-13-40/h3-5,8-9,14,16,18-19H,1,10-13,15,17,20H2,2H3,(H2,37,38). The second-order valence-electron chi connectivity index (χ2n) is 10.2. The van der Waals surface area contributed by atoms with E-state index in [0.29, 0.717) is 29.8 Å². The molecular formula is C32H30ClF3N4O2. The Morgan fingerprint density at radius 1 is 1.02 bits per heavy atom. The minimum absolute atomic E-state index is 0.100. The Hall–Kier alpha value is -3.97. The molecule has 2 heterocycles. The van der Waals surface area contributed by atoms with Crippen molar-refractivity contribution in [1.82, 2.24) is 14.8 Å². The number of aromatic nitrogens is 1. The van der Waals surface area contributed by atoms with Gasteiger partial charge in [-0.2, -0.15) is 13.2 Å². The molecule has 2 aromatic carbocycles. The van der Waals surface area contributed by atoms with Crippen molar-refractivity contribution in [3.63, 3.8) is 0 Å². The lowest BCUT2D eigenvalue weighted by Gasteiger charge is -2.33. The number of piperazine rings is 1. The smallest absolute Gasteiger partial charge is 0.383 e. The van der Waals surface area contributed by atoms with E-state index in [1.807, 2.05) is 11.9 Å². The summed E-state index contributed by atoms with van der Waals surface area (Å²) in [6.07, 6.45) is -1.96. The van der Waals surface area contributed by atoms with E-state index in [0.717, 1.165) is 19.2 Å². The first kappa shape index (κ1) is 31.0. The van der Waals surface area contributed by atoms with Gasteiger partial charge in [-0.3, -0.25) is 14.5 Å². The first-order valence-electron chi connectivity index (χ1n) is 13.3. The molecule has 0 atom stereocenters. The molecule has 0 saturated carbocycles. The number of carbonyl (C=O) groups excluding carboxylic acids is 2. The van der Waals surface area contributed by atoms with Crippen LogP contribution < -0.4 is 5.73 Å². The van der Waals surface area contributed by atoms with Crippen molar-refractivity contribution in [2.24, 2.45) is 0 Å². The van der Waals surface area contributed by atoms with Gasteiger partial charge in [-0.15, -0.1) is 0 Å². The summed E-state index contributed by atoms with van der Waals surface area (Å²) in [5, 5.41) is 0.288. The van der Waals surface area contributed by atoms with Crippen molar-refractivity contribution < 1.29 is 22.8 Å². The van der Waals surface area contributed by atoms with Crippen LogP contribution in [-0.2, 0) is 30.4 Å². The lowest BCUT2D eigenvalue weighted by Crippen LogP contribution is -2.44. The molecule has 1 fully saturated rings. The number of carbonyl (C=O) groups is 2. The molecule has 0 amide bonds. The van der Waals surface area contributed by atoms with E-state index in [-0.39, 0.29) is 58.5 Å². The highest BCUT2D eigenvalue weighted by atomic mass is 35.5. The number of ketones is 2. The zero-order valence-corrected chi connectivity index (χ0v) is 23.9. The number of anilines is 1. The van der Waals surface area contributed by atoms with Crippen molar-refractivity contribution in [1.29, 1.82) is 0 Å². The first-order valence-corrected chi connectivity index (χ1v) is 13.6. The maximum Gasteiger partial charge on any atom is 0.416 e. The van der Waals surface area contributed by atoms with Crippen LogP contribution in [0.1, 0.15) is 43.7 Å². The van der Waals surface area contributed by atoms with Gasteiger partial charge in [0.2, 0.25) is 0 Å². The average molecular weight is 595 g/mol. The van der Waals surface area contributed by atoms with Crippen molar-refractivity contribution in [2.45, 2.75) is 25.6 Å². The van der Waals surface area contributed by atoms with Crippen molar-refractivity contribution >= 4 is 29.0 Å². The maximum atomic E-state index is 14.0.